The van der Waals surface area contributed by atoms with Crippen molar-refractivity contribution in [3.63, 3.8) is 0 Å². The molecule has 0 saturated carbocycles. The molecule has 1 aromatic carbocycles. The van der Waals surface area contributed by atoms with Crippen LogP contribution in [0.3, 0.4) is 0 Å². The van der Waals surface area contributed by atoms with Crippen LogP contribution in [0.4, 0.5) is 5.69 Å². The second kappa shape index (κ2) is 8.71. The van der Waals surface area contributed by atoms with Crippen LogP contribution in [-0.4, -0.2) is 38.6 Å². The van der Waals surface area contributed by atoms with Crippen molar-refractivity contribution in [2.75, 3.05) is 32.5 Å². The lowest BCUT2D eigenvalue weighted by Crippen LogP contribution is -2.32. The van der Waals surface area contributed by atoms with Gasteiger partial charge < -0.3 is 21.1 Å². The average molecular weight is 334 g/mol. The summed E-state index contributed by atoms with van der Waals surface area (Å²) < 4.78 is 4.80. The van der Waals surface area contributed by atoms with E-state index >= 15 is 0 Å². The first-order chi connectivity index (χ1) is 9.95. The lowest BCUT2D eigenvalue weighted by Gasteiger charge is -2.09. The molecule has 0 heterocycles. The minimum absolute atomic E-state index is 0.132. The van der Waals surface area contributed by atoms with E-state index in [4.69, 9.17) is 33.7 Å². The third kappa shape index (κ3) is 5.79. The van der Waals surface area contributed by atoms with Crippen molar-refractivity contribution in [1.29, 1.82) is 0 Å². The number of methoxy groups -OCH3 is 1. The summed E-state index contributed by atoms with van der Waals surface area (Å²) in [5, 5.41) is 5.57. The van der Waals surface area contributed by atoms with E-state index in [-0.39, 0.29) is 34.5 Å². The van der Waals surface area contributed by atoms with Crippen molar-refractivity contribution < 1.29 is 14.3 Å². The molecule has 0 aliphatic rings. The molecule has 0 bridgehead atoms. The van der Waals surface area contributed by atoms with Crippen LogP contribution in [-0.2, 0) is 9.53 Å². The number of halogens is 2. The zero-order chi connectivity index (χ0) is 15.8. The molecule has 0 unspecified atom stereocenters. The van der Waals surface area contributed by atoms with Gasteiger partial charge in [0, 0.05) is 32.3 Å². The van der Waals surface area contributed by atoms with Gasteiger partial charge in [0.15, 0.2) is 0 Å². The fourth-order valence-electron chi connectivity index (χ4n) is 1.54. The summed E-state index contributed by atoms with van der Waals surface area (Å²) in [5.74, 6) is -0.608. The maximum absolute atomic E-state index is 12.0. The highest BCUT2D eigenvalue weighted by Crippen LogP contribution is 2.28. The molecule has 0 aliphatic heterocycles. The Morgan fingerprint density at radius 2 is 1.95 bits per heavy atom. The Kier molecular flexibility index (Phi) is 7.28. The number of nitrogen functional groups attached to an aromatic ring is 1. The summed E-state index contributed by atoms with van der Waals surface area (Å²) in [5.41, 5.74) is 6.13. The van der Waals surface area contributed by atoms with Crippen LogP contribution in [0.5, 0.6) is 0 Å². The highest BCUT2D eigenvalue weighted by atomic mass is 35.5. The number of anilines is 1. The molecule has 1 rings (SSSR count). The number of hydrogen-bond donors (Lipinski definition) is 3. The van der Waals surface area contributed by atoms with Crippen molar-refractivity contribution in [2.24, 2.45) is 0 Å². The standard InChI is InChI=1S/C13H17Cl2N3O3/c1-21-5-4-17-11(19)2-3-18-13(20)9-6-8(16)7-10(14)12(9)15/h6-7H,2-5,16H2,1H3,(H,17,19)(H,18,20). The molecule has 1 aromatic rings. The van der Waals surface area contributed by atoms with Gasteiger partial charge in [-0.05, 0) is 12.1 Å². The van der Waals surface area contributed by atoms with E-state index in [2.05, 4.69) is 10.6 Å². The molecule has 0 atom stereocenters. The molecule has 116 valence electrons. The highest BCUT2D eigenvalue weighted by molar-refractivity contribution is 6.44. The van der Waals surface area contributed by atoms with Crippen LogP contribution in [0.1, 0.15) is 16.8 Å². The maximum atomic E-state index is 12.0. The van der Waals surface area contributed by atoms with Gasteiger partial charge in [0.1, 0.15) is 0 Å². The van der Waals surface area contributed by atoms with Gasteiger partial charge in [-0.1, -0.05) is 23.2 Å². The number of carbonyl (C=O) groups excluding carboxylic acids is 2. The van der Waals surface area contributed by atoms with Crippen LogP contribution >= 0.6 is 23.2 Å². The monoisotopic (exact) mass is 333 g/mol. The lowest BCUT2D eigenvalue weighted by atomic mass is 10.2. The third-order valence-electron chi connectivity index (χ3n) is 2.56. The minimum Gasteiger partial charge on any atom is -0.399 e. The molecule has 6 nitrogen and oxygen atoms in total. The largest absolute Gasteiger partial charge is 0.399 e. The van der Waals surface area contributed by atoms with Gasteiger partial charge in [-0.3, -0.25) is 9.59 Å². The Labute approximate surface area is 132 Å². The van der Waals surface area contributed by atoms with Crippen LogP contribution in [0.15, 0.2) is 12.1 Å². The van der Waals surface area contributed by atoms with Crippen molar-refractivity contribution in [3.05, 3.63) is 27.7 Å². The average Bonchev–Trinajstić information content (AvgIpc) is 2.43. The molecule has 2 amide bonds. The van der Waals surface area contributed by atoms with Gasteiger partial charge in [0.2, 0.25) is 5.91 Å². The SMILES string of the molecule is COCCNC(=O)CCNC(=O)c1cc(N)cc(Cl)c1Cl. The Morgan fingerprint density at radius 3 is 2.62 bits per heavy atom. The van der Waals surface area contributed by atoms with E-state index in [0.717, 1.165) is 0 Å². The minimum atomic E-state index is -0.432. The van der Waals surface area contributed by atoms with Crippen molar-refractivity contribution in [3.8, 4) is 0 Å². The summed E-state index contributed by atoms with van der Waals surface area (Å²) in [6.45, 7) is 1.05. The Balaban J connectivity index is 2.46. The topological polar surface area (TPSA) is 93.5 Å². The Bertz CT molecular complexity index is 524. The molecular weight excluding hydrogens is 317 g/mol. The summed E-state index contributed by atoms with van der Waals surface area (Å²) >= 11 is 11.8. The number of carbonyl (C=O) groups is 2. The number of nitrogens with two attached hydrogens (primary N) is 1. The van der Waals surface area contributed by atoms with E-state index in [9.17, 15) is 9.59 Å². The van der Waals surface area contributed by atoms with Crippen LogP contribution in [0.2, 0.25) is 10.0 Å². The van der Waals surface area contributed by atoms with E-state index in [1.165, 1.54) is 12.1 Å². The summed E-state index contributed by atoms with van der Waals surface area (Å²) in [6.07, 6.45) is 0.156. The number of amides is 2. The molecule has 4 N–H and O–H groups in total. The van der Waals surface area contributed by atoms with Crippen molar-refractivity contribution in [2.45, 2.75) is 6.42 Å². The van der Waals surface area contributed by atoms with Crippen LogP contribution in [0.25, 0.3) is 0 Å². The highest BCUT2D eigenvalue weighted by Gasteiger charge is 2.14. The normalized spacial score (nSPS) is 10.2. The lowest BCUT2D eigenvalue weighted by molar-refractivity contribution is -0.121. The van der Waals surface area contributed by atoms with Gasteiger partial charge in [-0.15, -0.1) is 0 Å². The summed E-state index contributed by atoms with van der Waals surface area (Å²) in [4.78, 5) is 23.4. The first kappa shape index (κ1) is 17.6. The van der Waals surface area contributed by atoms with E-state index in [1.54, 1.807) is 7.11 Å². The second-order valence-corrected chi connectivity index (χ2v) is 5.00. The van der Waals surface area contributed by atoms with Gasteiger partial charge in [-0.25, -0.2) is 0 Å². The number of benzene rings is 1. The molecule has 8 heteroatoms. The number of hydrogen-bond acceptors (Lipinski definition) is 4. The summed E-state index contributed by atoms with van der Waals surface area (Å²) in [6, 6.07) is 2.89. The molecule has 0 fully saturated rings. The zero-order valence-corrected chi connectivity index (χ0v) is 13.1. The molecule has 0 saturated heterocycles. The fourth-order valence-corrected chi connectivity index (χ4v) is 1.96. The van der Waals surface area contributed by atoms with E-state index < -0.39 is 5.91 Å². The van der Waals surface area contributed by atoms with Crippen molar-refractivity contribution >= 4 is 40.7 Å². The van der Waals surface area contributed by atoms with Gasteiger partial charge >= 0.3 is 0 Å². The van der Waals surface area contributed by atoms with Crippen molar-refractivity contribution in [1.82, 2.24) is 10.6 Å². The Hall–Kier alpha value is -1.50. The number of nitrogens with one attached hydrogen (secondary N) is 2. The maximum Gasteiger partial charge on any atom is 0.252 e. The molecular formula is C13H17Cl2N3O3. The number of ether oxygens (including phenoxy) is 1. The summed E-state index contributed by atoms with van der Waals surface area (Å²) in [7, 11) is 1.55. The molecule has 21 heavy (non-hydrogen) atoms. The van der Waals surface area contributed by atoms with Crippen LogP contribution < -0.4 is 16.4 Å². The molecule has 0 aliphatic carbocycles. The first-order valence-electron chi connectivity index (χ1n) is 6.24. The predicted octanol–water partition coefficient (Wildman–Crippen LogP) is 1.46. The zero-order valence-electron chi connectivity index (χ0n) is 11.5. The van der Waals surface area contributed by atoms with Crippen LogP contribution in [0, 0.1) is 0 Å². The smallest absolute Gasteiger partial charge is 0.252 e. The quantitative estimate of drug-likeness (QED) is 0.520. The number of rotatable bonds is 7. The first-order valence-corrected chi connectivity index (χ1v) is 6.99. The van der Waals surface area contributed by atoms with E-state index in [1.807, 2.05) is 0 Å². The van der Waals surface area contributed by atoms with Gasteiger partial charge in [-0.2, -0.15) is 0 Å². The molecule has 0 aromatic heterocycles. The molecule has 0 radical (unpaired) electrons. The fraction of sp³-hybridized carbons (Fsp3) is 0.385. The second-order valence-electron chi connectivity index (χ2n) is 4.21. The molecule has 0 spiro atoms. The van der Waals surface area contributed by atoms with Gasteiger partial charge in [0.05, 0.1) is 22.2 Å². The Morgan fingerprint density at radius 1 is 1.24 bits per heavy atom. The third-order valence-corrected chi connectivity index (χ3v) is 3.36. The predicted molar refractivity (Wildman–Crippen MR) is 82.7 cm³/mol. The van der Waals surface area contributed by atoms with E-state index in [0.29, 0.717) is 18.8 Å². The van der Waals surface area contributed by atoms with Gasteiger partial charge in [0.25, 0.3) is 5.91 Å².